The van der Waals surface area contributed by atoms with E-state index in [-0.39, 0.29) is 0 Å². The van der Waals surface area contributed by atoms with Crippen molar-refractivity contribution in [1.82, 2.24) is 9.88 Å². The Morgan fingerprint density at radius 2 is 1.89 bits per heavy atom. The lowest BCUT2D eigenvalue weighted by Gasteiger charge is -2.36. The number of rotatable bonds is 7. The lowest BCUT2D eigenvalue weighted by Crippen LogP contribution is -2.49. The van der Waals surface area contributed by atoms with Gasteiger partial charge in [0.1, 0.15) is 24.3 Å². The molecule has 3 rings (SSSR count). The molecule has 0 unspecified atom stereocenters. The second-order valence-corrected chi connectivity index (χ2v) is 7.61. The van der Waals surface area contributed by atoms with E-state index >= 15 is 0 Å². The van der Waals surface area contributed by atoms with Crippen LogP contribution in [0.25, 0.3) is 0 Å². The van der Waals surface area contributed by atoms with Crippen LogP contribution in [0.15, 0.2) is 42.6 Å². The number of piperazine rings is 1. The molecule has 1 aromatic heterocycles. The van der Waals surface area contributed by atoms with Crippen LogP contribution in [0.2, 0.25) is 0 Å². The topological polar surface area (TPSA) is 48.8 Å². The molecule has 5 nitrogen and oxygen atoms in total. The lowest BCUT2D eigenvalue weighted by atomic mass is 9.98. The number of nitrogens with zero attached hydrogens (tertiary/aromatic N) is 3. The highest BCUT2D eigenvalue weighted by Gasteiger charge is 2.20. The second kappa shape index (κ2) is 9.20. The summed E-state index contributed by atoms with van der Waals surface area (Å²) in [7, 11) is 0. The van der Waals surface area contributed by atoms with E-state index < -0.39 is 6.10 Å². The van der Waals surface area contributed by atoms with Gasteiger partial charge in [0, 0.05) is 38.9 Å². The second-order valence-electron chi connectivity index (χ2n) is 7.61. The Morgan fingerprint density at radius 3 is 2.52 bits per heavy atom. The van der Waals surface area contributed by atoms with Gasteiger partial charge < -0.3 is 14.7 Å². The molecule has 1 aromatic carbocycles. The highest BCUT2D eigenvalue weighted by molar-refractivity contribution is 5.38. The van der Waals surface area contributed by atoms with E-state index in [4.69, 9.17) is 4.74 Å². The number of ether oxygens (including phenoxy) is 1. The molecule has 0 radical (unpaired) electrons. The predicted molar refractivity (Wildman–Crippen MR) is 110 cm³/mol. The number of benzene rings is 1. The molecule has 1 aliphatic heterocycles. The maximum atomic E-state index is 10.4. The molecule has 0 bridgehead atoms. The normalized spacial score (nSPS) is 16.6. The number of aliphatic hydroxyl groups is 1. The molecule has 0 saturated carbocycles. The fraction of sp³-hybridized carbons (Fsp3) is 0.500. The maximum Gasteiger partial charge on any atom is 0.128 e. The SMILES string of the molecule is Cc1cc(OC[C@@H](O)CN2CCN(c3ccccn3)CC2)ccc1C(C)C. The van der Waals surface area contributed by atoms with Gasteiger partial charge in [-0.15, -0.1) is 0 Å². The van der Waals surface area contributed by atoms with Crippen molar-refractivity contribution in [2.24, 2.45) is 0 Å². The molecule has 27 heavy (non-hydrogen) atoms. The Morgan fingerprint density at radius 1 is 1.11 bits per heavy atom. The smallest absolute Gasteiger partial charge is 0.128 e. The number of hydrogen-bond acceptors (Lipinski definition) is 5. The highest BCUT2D eigenvalue weighted by atomic mass is 16.5. The molecule has 5 heteroatoms. The lowest BCUT2D eigenvalue weighted by molar-refractivity contribution is 0.0662. The number of pyridine rings is 1. The predicted octanol–water partition coefficient (Wildman–Crippen LogP) is 3.08. The van der Waals surface area contributed by atoms with Gasteiger partial charge in [0.2, 0.25) is 0 Å². The summed E-state index contributed by atoms with van der Waals surface area (Å²) in [6, 6.07) is 12.2. The fourth-order valence-electron chi connectivity index (χ4n) is 3.63. The average Bonchev–Trinajstić information content (AvgIpc) is 2.67. The Kier molecular flexibility index (Phi) is 6.69. The summed E-state index contributed by atoms with van der Waals surface area (Å²) in [4.78, 5) is 9.00. The molecule has 0 aliphatic carbocycles. The van der Waals surface area contributed by atoms with Crippen molar-refractivity contribution in [2.75, 3.05) is 44.2 Å². The molecule has 1 saturated heterocycles. The van der Waals surface area contributed by atoms with Crippen LogP contribution in [-0.4, -0.2) is 60.4 Å². The number of β-amino-alcohol motifs (C(OH)–C–C–N with tert-alkyl or cyclic N) is 1. The highest BCUT2D eigenvalue weighted by Crippen LogP contribution is 2.23. The van der Waals surface area contributed by atoms with E-state index in [1.54, 1.807) is 0 Å². The van der Waals surface area contributed by atoms with Gasteiger partial charge in [0.25, 0.3) is 0 Å². The van der Waals surface area contributed by atoms with Crippen molar-refractivity contribution in [2.45, 2.75) is 32.8 Å². The third kappa shape index (κ3) is 5.44. The number of aliphatic hydroxyl groups excluding tert-OH is 1. The van der Waals surface area contributed by atoms with Crippen LogP contribution in [0.1, 0.15) is 30.9 Å². The summed E-state index contributed by atoms with van der Waals surface area (Å²) in [5.41, 5.74) is 2.58. The maximum absolute atomic E-state index is 10.4. The van der Waals surface area contributed by atoms with E-state index in [9.17, 15) is 5.11 Å². The Bertz CT molecular complexity index is 713. The first-order chi connectivity index (χ1) is 13.0. The van der Waals surface area contributed by atoms with Crippen LogP contribution in [0.3, 0.4) is 0 Å². The molecule has 0 spiro atoms. The minimum atomic E-state index is -0.489. The summed E-state index contributed by atoms with van der Waals surface area (Å²) in [6.45, 7) is 11.2. The average molecular weight is 370 g/mol. The van der Waals surface area contributed by atoms with Gasteiger partial charge in [-0.25, -0.2) is 4.98 Å². The van der Waals surface area contributed by atoms with E-state index in [1.807, 2.05) is 30.5 Å². The Hall–Kier alpha value is -2.11. The summed E-state index contributed by atoms with van der Waals surface area (Å²) in [5.74, 6) is 2.37. The molecule has 0 amide bonds. The van der Waals surface area contributed by atoms with Crippen LogP contribution >= 0.6 is 0 Å². The van der Waals surface area contributed by atoms with Crippen LogP contribution in [-0.2, 0) is 0 Å². The third-order valence-corrected chi connectivity index (χ3v) is 5.12. The van der Waals surface area contributed by atoms with E-state index in [0.29, 0.717) is 19.1 Å². The minimum absolute atomic E-state index is 0.320. The first-order valence-corrected chi connectivity index (χ1v) is 9.82. The van der Waals surface area contributed by atoms with Crippen molar-refractivity contribution in [1.29, 1.82) is 0 Å². The molecule has 2 aromatic rings. The van der Waals surface area contributed by atoms with Crippen LogP contribution in [0.4, 0.5) is 5.82 Å². The van der Waals surface area contributed by atoms with E-state index in [2.05, 4.69) is 47.7 Å². The minimum Gasteiger partial charge on any atom is -0.491 e. The van der Waals surface area contributed by atoms with Crippen LogP contribution < -0.4 is 9.64 Å². The largest absolute Gasteiger partial charge is 0.491 e. The molecule has 1 aliphatic rings. The monoisotopic (exact) mass is 369 g/mol. The summed E-state index contributed by atoms with van der Waals surface area (Å²) in [6.07, 6.45) is 1.34. The van der Waals surface area contributed by atoms with E-state index in [0.717, 1.165) is 37.7 Å². The molecule has 1 fully saturated rings. The summed E-state index contributed by atoms with van der Waals surface area (Å²) in [5, 5.41) is 10.4. The number of hydrogen-bond donors (Lipinski definition) is 1. The molecular weight excluding hydrogens is 338 g/mol. The zero-order valence-corrected chi connectivity index (χ0v) is 16.6. The molecule has 1 N–H and O–H groups in total. The van der Waals surface area contributed by atoms with Gasteiger partial charge in [0.15, 0.2) is 0 Å². The molecule has 1 atom stereocenters. The summed E-state index contributed by atoms with van der Waals surface area (Å²) >= 11 is 0. The number of aromatic nitrogens is 1. The van der Waals surface area contributed by atoms with E-state index in [1.165, 1.54) is 11.1 Å². The van der Waals surface area contributed by atoms with Crippen molar-refractivity contribution in [3.63, 3.8) is 0 Å². The zero-order chi connectivity index (χ0) is 19.2. The molecule has 146 valence electrons. The standard InChI is InChI=1S/C22H31N3O2/c1-17(2)21-8-7-20(14-18(21)3)27-16-19(26)15-24-10-12-25(13-11-24)22-6-4-5-9-23-22/h4-9,14,17,19,26H,10-13,15-16H2,1-3H3/t19-/m0/s1. The van der Waals surface area contributed by atoms with Crippen LogP contribution in [0, 0.1) is 6.92 Å². The fourth-order valence-corrected chi connectivity index (χ4v) is 3.63. The first-order valence-electron chi connectivity index (χ1n) is 9.82. The van der Waals surface area contributed by atoms with Crippen molar-refractivity contribution < 1.29 is 9.84 Å². The zero-order valence-electron chi connectivity index (χ0n) is 16.6. The van der Waals surface area contributed by atoms with Crippen molar-refractivity contribution in [3.8, 4) is 5.75 Å². The molecule has 2 heterocycles. The van der Waals surface area contributed by atoms with Crippen molar-refractivity contribution in [3.05, 3.63) is 53.7 Å². The number of aryl methyl sites for hydroxylation is 1. The van der Waals surface area contributed by atoms with Gasteiger partial charge in [-0.1, -0.05) is 26.0 Å². The molecular formula is C22H31N3O2. The van der Waals surface area contributed by atoms with Crippen LogP contribution in [0.5, 0.6) is 5.75 Å². The quantitative estimate of drug-likeness (QED) is 0.813. The Labute approximate surface area is 162 Å². The number of anilines is 1. The van der Waals surface area contributed by atoms with Gasteiger partial charge in [-0.2, -0.15) is 0 Å². The van der Waals surface area contributed by atoms with Crippen molar-refractivity contribution >= 4 is 5.82 Å². The van der Waals surface area contributed by atoms with Gasteiger partial charge in [-0.3, -0.25) is 4.90 Å². The van der Waals surface area contributed by atoms with Gasteiger partial charge in [-0.05, 0) is 48.2 Å². The third-order valence-electron chi connectivity index (χ3n) is 5.12. The summed E-state index contributed by atoms with van der Waals surface area (Å²) < 4.78 is 5.82. The van der Waals surface area contributed by atoms with Gasteiger partial charge in [0.05, 0.1) is 0 Å². The Balaban J connectivity index is 1.42. The first kappa shape index (κ1) is 19.6. The van der Waals surface area contributed by atoms with Gasteiger partial charge >= 0.3 is 0 Å².